The molecule has 2 aromatic rings. The van der Waals surface area contributed by atoms with Crippen LogP contribution in [0.5, 0.6) is 0 Å². The van der Waals surface area contributed by atoms with Crippen LogP contribution >= 0.6 is 15.9 Å². The monoisotopic (exact) mass is 305 g/mol. The van der Waals surface area contributed by atoms with Gasteiger partial charge in [0.1, 0.15) is 5.69 Å². The maximum absolute atomic E-state index is 11.9. The molecule has 1 aliphatic rings. The zero-order valence-electron chi connectivity index (χ0n) is 9.59. The van der Waals surface area contributed by atoms with E-state index in [0.29, 0.717) is 5.69 Å². The molecule has 0 unspecified atom stereocenters. The Labute approximate surface area is 113 Å². The summed E-state index contributed by atoms with van der Waals surface area (Å²) in [4.78, 5) is 14.9. The lowest BCUT2D eigenvalue weighted by Gasteiger charge is -2.06. The molecule has 0 saturated heterocycles. The van der Waals surface area contributed by atoms with E-state index in [-0.39, 0.29) is 5.91 Å². The molecule has 1 amide bonds. The van der Waals surface area contributed by atoms with Gasteiger partial charge in [-0.15, -0.1) is 0 Å². The van der Waals surface area contributed by atoms with Crippen molar-refractivity contribution in [2.45, 2.75) is 6.42 Å². The van der Waals surface area contributed by atoms with Crippen LogP contribution in [0.1, 0.15) is 16.1 Å². The molecule has 0 bridgehead atoms. The van der Waals surface area contributed by atoms with Crippen molar-refractivity contribution in [3.8, 4) is 0 Å². The third-order valence-corrected chi connectivity index (χ3v) is 3.42. The number of rotatable bonds is 2. The van der Waals surface area contributed by atoms with Gasteiger partial charge in [-0.3, -0.25) is 4.79 Å². The van der Waals surface area contributed by atoms with E-state index in [9.17, 15) is 4.79 Å². The minimum absolute atomic E-state index is 0.133. The van der Waals surface area contributed by atoms with Crippen LogP contribution in [0.25, 0.3) is 0 Å². The molecule has 3 rings (SSSR count). The number of H-pyrrole nitrogens is 1. The highest BCUT2D eigenvalue weighted by Crippen LogP contribution is 2.25. The van der Waals surface area contributed by atoms with E-state index in [1.54, 1.807) is 12.3 Å². The summed E-state index contributed by atoms with van der Waals surface area (Å²) in [5.41, 5.74) is 3.78. The van der Waals surface area contributed by atoms with Crippen LogP contribution in [-0.2, 0) is 6.42 Å². The SMILES string of the molecule is O=C(Nc1ccc2c(c1)CCN2)c1cc(Br)c[nH]1. The number of amides is 1. The molecule has 0 aliphatic carbocycles. The van der Waals surface area contributed by atoms with Gasteiger partial charge >= 0.3 is 0 Å². The Morgan fingerprint density at radius 2 is 2.22 bits per heavy atom. The number of benzene rings is 1. The van der Waals surface area contributed by atoms with Crippen molar-refractivity contribution >= 4 is 33.2 Å². The van der Waals surface area contributed by atoms with Gasteiger partial charge in [0, 0.05) is 28.6 Å². The Kier molecular flexibility index (Phi) is 2.83. The smallest absolute Gasteiger partial charge is 0.272 e. The lowest BCUT2D eigenvalue weighted by Crippen LogP contribution is -2.12. The number of hydrogen-bond donors (Lipinski definition) is 3. The highest BCUT2D eigenvalue weighted by Gasteiger charge is 2.12. The minimum atomic E-state index is -0.133. The number of nitrogens with one attached hydrogen (secondary N) is 3. The molecule has 5 heteroatoms. The van der Waals surface area contributed by atoms with E-state index < -0.39 is 0 Å². The molecule has 0 atom stereocenters. The maximum atomic E-state index is 11.9. The third kappa shape index (κ3) is 2.13. The summed E-state index contributed by atoms with van der Waals surface area (Å²) in [6, 6.07) is 7.69. The number of aromatic amines is 1. The Morgan fingerprint density at radius 3 is 3.00 bits per heavy atom. The molecule has 18 heavy (non-hydrogen) atoms. The van der Waals surface area contributed by atoms with Gasteiger partial charge in [0.05, 0.1) is 0 Å². The molecule has 0 saturated carbocycles. The summed E-state index contributed by atoms with van der Waals surface area (Å²) in [6.07, 6.45) is 2.74. The second kappa shape index (κ2) is 4.49. The molecule has 0 fully saturated rings. The first-order valence-corrected chi connectivity index (χ1v) is 6.54. The highest BCUT2D eigenvalue weighted by atomic mass is 79.9. The van der Waals surface area contributed by atoms with Crippen molar-refractivity contribution in [2.75, 3.05) is 17.2 Å². The lowest BCUT2D eigenvalue weighted by molar-refractivity contribution is 0.102. The summed E-state index contributed by atoms with van der Waals surface area (Å²) in [5, 5.41) is 6.17. The van der Waals surface area contributed by atoms with Crippen molar-refractivity contribution in [1.29, 1.82) is 0 Å². The summed E-state index contributed by atoms with van der Waals surface area (Å²) >= 11 is 3.31. The second-order valence-electron chi connectivity index (χ2n) is 4.23. The Hall–Kier alpha value is -1.75. The second-order valence-corrected chi connectivity index (χ2v) is 5.15. The fourth-order valence-electron chi connectivity index (χ4n) is 2.08. The summed E-state index contributed by atoms with van der Waals surface area (Å²) in [6.45, 7) is 0.969. The summed E-state index contributed by atoms with van der Waals surface area (Å²) in [5.74, 6) is -0.133. The number of anilines is 2. The fourth-order valence-corrected chi connectivity index (χ4v) is 2.42. The molecule has 3 N–H and O–H groups in total. The van der Waals surface area contributed by atoms with Crippen molar-refractivity contribution in [3.63, 3.8) is 0 Å². The molecule has 1 aromatic carbocycles. The van der Waals surface area contributed by atoms with Gasteiger partial charge in [-0.05, 0) is 52.2 Å². The van der Waals surface area contributed by atoms with E-state index in [1.807, 2.05) is 18.2 Å². The summed E-state index contributed by atoms with van der Waals surface area (Å²) in [7, 11) is 0. The largest absolute Gasteiger partial charge is 0.384 e. The topological polar surface area (TPSA) is 56.9 Å². The van der Waals surface area contributed by atoms with Gasteiger partial charge in [-0.25, -0.2) is 0 Å². The molecule has 4 nitrogen and oxygen atoms in total. The van der Waals surface area contributed by atoms with Crippen LogP contribution in [0.15, 0.2) is 34.9 Å². The Balaban J connectivity index is 1.78. The van der Waals surface area contributed by atoms with Gasteiger partial charge in [-0.1, -0.05) is 0 Å². The van der Waals surface area contributed by atoms with Gasteiger partial charge < -0.3 is 15.6 Å². The zero-order chi connectivity index (χ0) is 12.5. The van der Waals surface area contributed by atoms with Crippen LogP contribution < -0.4 is 10.6 Å². The minimum Gasteiger partial charge on any atom is -0.384 e. The van der Waals surface area contributed by atoms with Gasteiger partial charge in [0.15, 0.2) is 0 Å². The predicted octanol–water partition coefficient (Wildman–Crippen LogP) is 3.00. The van der Waals surface area contributed by atoms with Crippen LogP contribution in [0.2, 0.25) is 0 Å². The van der Waals surface area contributed by atoms with Gasteiger partial charge in [-0.2, -0.15) is 0 Å². The average molecular weight is 306 g/mol. The van der Waals surface area contributed by atoms with E-state index in [4.69, 9.17) is 0 Å². The predicted molar refractivity (Wildman–Crippen MR) is 75.1 cm³/mol. The van der Waals surface area contributed by atoms with E-state index in [2.05, 4.69) is 31.5 Å². The first-order chi connectivity index (χ1) is 8.72. The number of carbonyl (C=O) groups is 1. The Bertz CT molecular complexity index is 606. The maximum Gasteiger partial charge on any atom is 0.272 e. The third-order valence-electron chi connectivity index (χ3n) is 2.97. The van der Waals surface area contributed by atoms with Crippen molar-refractivity contribution < 1.29 is 4.79 Å². The van der Waals surface area contributed by atoms with Gasteiger partial charge in [0.2, 0.25) is 0 Å². The molecule has 0 radical (unpaired) electrons. The standard InChI is InChI=1S/C13H12BrN3O/c14-9-6-12(16-7-9)13(18)17-10-1-2-11-8(5-10)3-4-15-11/h1-2,5-7,15-16H,3-4H2,(H,17,18). The fraction of sp³-hybridized carbons (Fsp3) is 0.154. The first kappa shape index (κ1) is 11.3. The first-order valence-electron chi connectivity index (χ1n) is 5.74. The normalized spacial score (nSPS) is 12.9. The highest BCUT2D eigenvalue weighted by molar-refractivity contribution is 9.10. The van der Waals surface area contributed by atoms with Crippen LogP contribution in [-0.4, -0.2) is 17.4 Å². The molecule has 1 aromatic heterocycles. The average Bonchev–Trinajstić information content (AvgIpc) is 2.96. The quantitative estimate of drug-likeness (QED) is 0.799. The number of fused-ring (bicyclic) bond motifs is 1. The number of carbonyl (C=O) groups excluding carboxylic acids is 1. The van der Waals surface area contributed by atoms with Crippen molar-refractivity contribution in [2.24, 2.45) is 0 Å². The summed E-state index contributed by atoms with van der Waals surface area (Å²) < 4.78 is 0.866. The van der Waals surface area contributed by atoms with Crippen molar-refractivity contribution in [1.82, 2.24) is 4.98 Å². The van der Waals surface area contributed by atoms with Crippen LogP contribution in [0.4, 0.5) is 11.4 Å². The van der Waals surface area contributed by atoms with Crippen molar-refractivity contribution in [3.05, 3.63) is 46.2 Å². The Morgan fingerprint density at radius 1 is 1.33 bits per heavy atom. The number of hydrogen-bond acceptors (Lipinski definition) is 2. The molecule has 1 aliphatic heterocycles. The molecule has 0 spiro atoms. The number of aromatic nitrogens is 1. The lowest BCUT2D eigenvalue weighted by atomic mass is 10.1. The molecular weight excluding hydrogens is 294 g/mol. The zero-order valence-corrected chi connectivity index (χ0v) is 11.2. The molecule has 2 heterocycles. The van der Waals surface area contributed by atoms with E-state index >= 15 is 0 Å². The van der Waals surface area contributed by atoms with E-state index in [1.165, 1.54) is 5.56 Å². The van der Waals surface area contributed by atoms with Crippen LogP contribution in [0, 0.1) is 0 Å². The van der Waals surface area contributed by atoms with Crippen LogP contribution in [0.3, 0.4) is 0 Å². The van der Waals surface area contributed by atoms with Gasteiger partial charge in [0.25, 0.3) is 5.91 Å². The molecular formula is C13H12BrN3O. The number of halogens is 1. The van der Waals surface area contributed by atoms with E-state index in [0.717, 1.165) is 28.8 Å². The molecule has 92 valence electrons.